The summed E-state index contributed by atoms with van der Waals surface area (Å²) in [4.78, 5) is 24.5. The summed E-state index contributed by atoms with van der Waals surface area (Å²) in [6.45, 7) is 1.81. The number of halogens is 1. The number of anilines is 2. The van der Waals surface area contributed by atoms with Crippen molar-refractivity contribution in [2.75, 3.05) is 17.2 Å². The van der Waals surface area contributed by atoms with Gasteiger partial charge < -0.3 is 15.4 Å². The quantitative estimate of drug-likeness (QED) is 0.623. The Hall–Kier alpha value is -3.31. The van der Waals surface area contributed by atoms with E-state index in [4.69, 9.17) is 16.3 Å². The van der Waals surface area contributed by atoms with Crippen LogP contribution in [0.15, 0.2) is 72.8 Å². The molecule has 0 spiro atoms. The molecule has 0 radical (unpaired) electrons. The molecular weight excluding hydrogens is 376 g/mol. The summed E-state index contributed by atoms with van der Waals surface area (Å²) < 4.78 is 5.54. The van der Waals surface area contributed by atoms with E-state index in [1.807, 2.05) is 31.2 Å². The number of benzene rings is 3. The minimum absolute atomic E-state index is 0.110. The predicted octanol–water partition coefficient (Wildman–Crippen LogP) is 4.92. The fraction of sp³-hybridized carbons (Fsp3) is 0.0909. The molecule has 3 aromatic rings. The molecule has 2 amide bonds. The van der Waals surface area contributed by atoms with Gasteiger partial charge in [-0.3, -0.25) is 9.59 Å². The second kappa shape index (κ2) is 9.06. The molecular formula is C22H19ClN2O3. The summed E-state index contributed by atoms with van der Waals surface area (Å²) in [6, 6.07) is 21.2. The molecule has 3 aromatic carbocycles. The Bertz CT molecular complexity index is 1000. The maximum atomic E-state index is 12.4. The number of nitrogens with one attached hydrogen (secondary N) is 2. The number of carbonyl (C=O) groups excluding carboxylic acids is 2. The van der Waals surface area contributed by atoms with Crippen LogP contribution in [-0.2, 0) is 4.79 Å². The van der Waals surface area contributed by atoms with Crippen molar-refractivity contribution in [2.45, 2.75) is 6.92 Å². The van der Waals surface area contributed by atoms with E-state index in [1.165, 1.54) is 0 Å². The van der Waals surface area contributed by atoms with Crippen LogP contribution >= 0.6 is 11.6 Å². The third kappa shape index (κ3) is 5.11. The van der Waals surface area contributed by atoms with Crippen LogP contribution in [0.4, 0.5) is 11.4 Å². The number of aryl methyl sites for hydroxylation is 1. The molecule has 0 atom stereocenters. The smallest absolute Gasteiger partial charge is 0.262 e. The minimum atomic E-state index is -0.322. The van der Waals surface area contributed by atoms with Crippen LogP contribution in [0.2, 0.25) is 5.02 Å². The first-order valence-corrected chi connectivity index (χ1v) is 9.05. The first kappa shape index (κ1) is 19.5. The summed E-state index contributed by atoms with van der Waals surface area (Å²) in [5.41, 5.74) is 2.43. The predicted molar refractivity (Wildman–Crippen MR) is 111 cm³/mol. The van der Waals surface area contributed by atoms with Gasteiger partial charge in [0.2, 0.25) is 0 Å². The summed E-state index contributed by atoms with van der Waals surface area (Å²) >= 11 is 6.05. The van der Waals surface area contributed by atoms with Gasteiger partial charge in [-0.2, -0.15) is 0 Å². The standard InChI is InChI=1S/C22H19ClN2O3/c1-15-7-2-5-12-20(15)28-14-21(26)24-16-8-6-9-17(13-16)25-22(27)18-10-3-4-11-19(18)23/h2-13H,14H2,1H3,(H,24,26)(H,25,27). The normalized spacial score (nSPS) is 10.2. The lowest BCUT2D eigenvalue weighted by molar-refractivity contribution is -0.118. The van der Waals surface area contributed by atoms with Crippen molar-refractivity contribution in [1.29, 1.82) is 0 Å². The van der Waals surface area contributed by atoms with Gasteiger partial charge >= 0.3 is 0 Å². The highest BCUT2D eigenvalue weighted by Crippen LogP contribution is 2.20. The summed E-state index contributed by atoms with van der Waals surface area (Å²) in [7, 11) is 0. The lowest BCUT2D eigenvalue weighted by Gasteiger charge is -2.11. The molecule has 0 aliphatic heterocycles. The Kier molecular flexibility index (Phi) is 6.29. The highest BCUT2D eigenvalue weighted by Gasteiger charge is 2.11. The first-order valence-electron chi connectivity index (χ1n) is 8.67. The fourth-order valence-electron chi connectivity index (χ4n) is 2.58. The molecule has 0 aromatic heterocycles. The van der Waals surface area contributed by atoms with Crippen molar-refractivity contribution in [3.8, 4) is 5.75 Å². The van der Waals surface area contributed by atoms with Gasteiger partial charge in [0.25, 0.3) is 11.8 Å². The molecule has 0 aliphatic rings. The molecule has 3 rings (SSSR count). The zero-order valence-corrected chi connectivity index (χ0v) is 16.0. The number of amides is 2. The number of para-hydroxylation sites is 1. The maximum absolute atomic E-state index is 12.4. The van der Waals surface area contributed by atoms with Crippen molar-refractivity contribution in [1.82, 2.24) is 0 Å². The average molecular weight is 395 g/mol. The Morgan fingerprint density at radius 3 is 2.32 bits per heavy atom. The zero-order chi connectivity index (χ0) is 19.9. The van der Waals surface area contributed by atoms with Crippen LogP contribution in [0.25, 0.3) is 0 Å². The van der Waals surface area contributed by atoms with Gasteiger partial charge in [0.15, 0.2) is 6.61 Å². The van der Waals surface area contributed by atoms with Crippen LogP contribution in [0.1, 0.15) is 15.9 Å². The van der Waals surface area contributed by atoms with Crippen molar-refractivity contribution >= 4 is 34.8 Å². The van der Waals surface area contributed by atoms with E-state index in [0.29, 0.717) is 27.7 Å². The maximum Gasteiger partial charge on any atom is 0.262 e. The van der Waals surface area contributed by atoms with Gasteiger partial charge in [0.05, 0.1) is 10.6 Å². The van der Waals surface area contributed by atoms with Gasteiger partial charge in [0, 0.05) is 11.4 Å². The monoisotopic (exact) mass is 394 g/mol. The van der Waals surface area contributed by atoms with Crippen LogP contribution < -0.4 is 15.4 Å². The van der Waals surface area contributed by atoms with Gasteiger partial charge in [-0.05, 0) is 48.9 Å². The SMILES string of the molecule is Cc1ccccc1OCC(=O)Nc1cccc(NC(=O)c2ccccc2Cl)c1. The largest absolute Gasteiger partial charge is 0.483 e. The number of hydrogen-bond donors (Lipinski definition) is 2. The molecule has 0 bridgehead atoms. The molecule has 0 heterocycles. The molecule has 0 unspecified atom stereocenters. The number of carbonyl (C=O) groups is 2. The van der Waals surface area contributed by atoms with E-state index in [-0.39, 0.29) is 18.4 Å². The van der Waals surface area contributed by atoms with E-state index in [9.17, 15) is 9.59 Å². The second-order valence-corrected chi connectivity index (χ2v) is 6.52. The minimum Gasteiger partial charge on any atom is -0.483 e. The van der Waals surface area contributed by atoms with Crippen molar-refractivity contribution in [3.63, 3.8) is 0 Å². The van der Waals surface area contributed by atoms with Crippen LogP contribution in [0, 0.1) is 6.92 Å². The highest BCUT2D eigenvalue weighted by atomic mass is 35.5. The second-order valence-electron chi connectivity index (χ2n) is 6.12. The van der Waals surface area contributed by atoms with Gasteiger partial charge in [0.1, 0.15) is 5.75 Å². The van der Waals surface area contributed by atoms with E-state index < -0.39 is 0 Å². The number of ether oxygens (including phenoxy) is 1. The zero-order valence-electron chi connectivity index (χ0n) is 15.2. The van der Waals surface area contributed by atoms with E-state index in [1.54, 1.807) is 48.5 Å². The first-order chi connectivity index (χ1) is 13.5. The van der Waals surface area contributed by atoms with E-state index >= 15 is 0 Å². The molecule has 28 heavy (non-hydrogen) atoms. The molecule has 2 N–H and O–H groups in total. The molecule has 0 saturated heterocycles. The van der Waals surface area contributed by atoms with Crippen molar-refractivity contribution in [2.24, 2.45) is 0 Å². The summed E-state index contributed by atoms with van der Waals surface area (Å²) in [6.07, 6.45) is 0. The lowest BCUT2D eigenvalue weighted by Crippen LogP contribution is -2.20. The van der Waals surface area contributed by atoms with Gasteiger partial charge in [-0.15, -0.1) is 0 Å². The third-order valence-electron chi connectivity index (χ3n) is 3.98. The topological polar surface area (TPSA) is 67.4 Å². The van der Waals surface area contributed by atoms with Crippen LogP contribution in [0.3, 0.4) is 0 Å². The Morgan fingerprint density at radius 2 is 1.57 bits per heavy atom. The van der Waals surface area contributed by atoms with Crippen molar-refractivity contribution < 1.29 is 14.3 Å². The highest BCUT2D eigenvalue weighted by molar-refractivity contribution is 6.34. The van der Waals surface area contributed by atoms with Crippen LogP contribution in [-0.4, -0.2) is 18.4 Å². The molecule has 0 fully saturated rings. The number of hydrogen-bond acceptors (Lipinski definition) is 3. The molecule has 6 heteroatoms. The number of rotatable bonds is 6. The Morgan fingerprint density at radius 1 is 0.893 bits per heavy atom. The molecule has 5 nitrogen and oxygen atoms in total. The molecule has 142 valence electrons. The van der Waals surface area contributed by atoms with E-state index in [2.05, 4.69) is 10.6 Å². The average Bonchev–Trinajstić information content (AvgIpc) is 2.68. The Balaban J connectivity index is 1.60. The third-order valence-corrected chi connectivity index (χ3v) is 4.30. The van der Waals surface area contributed by atoms with E-state index in [0.717, 1.165) is 5.56 Å². The van der Waals surface area contributed by atoms with Gasteiger partial charge in [-0.25, -0.2) is 0 Å². The van der Waals surface area contributed by atoms with Crippen molar-refractivity contribution in [3.05, 3.63) is 88.9 Å². The fourth-order valence-corrected chi connectivity index (χ4v) is 2.80. The molecule has 0 saturated carbocycles. The molecule has 0 aliphatic carbocycles. The summed E-state index contributed by atoms with van der Waals surface area (Å²) in [5, 5.41) is 5.90. The van der Waals surface area contributed by atoms with Gasteiger partial charge in [-0.1, -0.05) is 48.0 Å². The Labute approximate surface area is 168 Å². The van der Waals surface area contributed by atoms with Crippen LogP contribution in [0.5, 0.6) is 5.75 Å². The lowest BCUT2D eigenvalue weighted by atomic mass is 10.2. The summed E-state index contributed by atoms with van der Waals surface area (Å²) in [5.74, 6) is 0.0493.